The van der Waals surface area contributed by atoms with Crippen LogP contribution in [0, 0.1) is 11.3 Å². The quantitative estimate of drug-likeness (QED) is 0.301. The highest BCUT2D eigenvalue weighted by atomic mass is 19.3. The van der Waals surface area contributed by atoms with E-state index in [4.69, 9.17) is 16.5 Å². The normalized spacial score (nSPS) is 15.7. The first kappa shape index (κ1) is 27.0. The molecule has 1 aliphatic heterocycles. The van der Waals surface area contributed by atoms with Crippen molar-refractivity contribution in [2.24, 2.45) is 0 Å². The Kier molecular flexibility index (Phi) is 7.32. The molecular formula is C28H29F2N9O. The number of anilines is 3. The number of halogens is 2. The number of benzene rings is 2. The van der Waals surface area contributed by atoms with Gasteiger partial charge in [-0.3, -0.25) is 14.3 Å². The van der Waals surface area contributed by atoms with E-state index in [1.54, 1.807) is 17.9 Å². The molecule has 10 nitrogen and oxygen atoms in total. The van der Waals surface area contributed by atoms with Crippen LogP contribution in [0.2, 0.25) is 0 Å². The lowest BCUT2D eigenvalue weighted by Crippen LogP contribution is -2.28. The van der Waals surface area contributed by atoms with Gasteiger partial charge in [0, 0.05) is 13.0 Å². The van der Waals surface area contributed by atoms with Crippen LogP contribution in [0.4, 0.5) is 26.4 Å². The fourth-order valence-electron chi connectivity index (χ4n) is 5.11. The minimum atomic E-state index is -2.63. The molecule has 1 fully saturated rings. The van der Waals surface area contributed by atoms with Crippen LogP contribution >= 0.6 is 0 Å². The summed E-state index contributed by atoms with van der Waals surface area (Å²) in [6.07, 6.45) is 1.06. The number of likely N-dealkylation sites (tertiary alicyclic amines) is 1. The first-order chi connectivity index (χ1) is 19.2. The van der Waals surface area contributed by atoms with E-state index in [0.29, 0.717) is 48.3 Å². The Morgan fingerprint density at radius 3 is 2.60 bits per heavy atom. The smallest absolute Gasteiger partial charge is 0.266 e. The zero-order valence-corrected chi connectivity index (χ0v) is 21.9. The standard InChI is InChI=1S/C28H29F2N9O/c1-17(34-24-20(15-31)23(32)36-27(33)37-24)25-35-21-11-5-7-18(8-6-13-38-14-12-28(29,30)16-38)22(21)26(40)39(25)19-9-3-2-4-10-19/h2-5,7,9-11,17H,6,8,12-14,16H2,1H3,(H5,32,33,34,36,37)/t17-/m0/s1. The van der Waals surface area contributed by atoms with E-state index in [1.165, 1.54) is 4.57 Å². The average Bonchev–Trinajstić information content (AvgIpc) is 3.27. The fourth-order valence-corrected chi connectivity index (χ4v) is 5.11. The highest BCUT2D eigenvalue weighted by Gasteiger charge is 2.37. The lowest BCUT2D eigenvalue weighted by molar-refractivity contribution is 0.0122. The van der Waals surface area contributed by atoms with Gasteiger partial charge in [0.25, 0.3) is 11.5 Å². The van der Waals surface area contributed by atoms with E-state index in [9.17, 15) is 18.8 Å². The molecule has 0 bridgehead atoms. The number of nitrogen functional groups attached to an aromatic ring is 2. The van der Waals surface area contributed by atoms with Crippen LogP contribution in [0.3, 0.4) is 0 Å². The average molecular weight is 546 g/mol. The number of nitrogens with one attached hydrogen (secondary N) is 1. The van der Waals surface area contributed by atoms with Gasteiger partial charge in [0.05, 0.1) is 29.2 Å². The van der Waals surface area contributed by atoms with Crippen molar-refractivity contribution in [2.45, 2.75) is 38.2 Å². The highest BCUT2D eigenvalue weighted by Crippen LogP contribution is 2.28. The molecule has 0 unspecified atom stereocenters. The van der Waals surface area contributed by atoms with Gasteiger partial charge in [-0.2, -0.15) is 15.2 Å². The lowest BCUT2D eigenvalue weighted by Gasteiger charge is -2.21. The summed E-state index contributed by atoms with van der Waals surface area (Å²) in [4.78, 5) is 28.7. The maximum absolute atomic E-state index is 14.1. The number of alkyl halides is 2. The molecule has 40 heavy (non-hydrogen) atoms. The van der Waals surface area contributed by atoms with Crippen LogP contribution in [0.15, 0.2) is 53.3 Å². The van der Waals surface area contributed by atoms with E-state index >= 15 is 0 Å². The van der Waals surface area contributed by atoms with Gasteiger partial charge < -0.3 is 16.8 Å². The SMILES string of the molecule is C[C@H](Nc1nc(N)nc(N)c1C#N)c1nc2cccc(CCCN3CCC(F)(F)C3)c2c(=O)n1-c1ccccc1. The van der Waals surface area contributed by atoms with Gasteiger partial charge >= 0.3 is 0 Å². The van der Waals surface area contributed by atoms with Crippen molar-refractivity contribution in [3.8, 4) is 11.8 Å². The summed E-state index contributed by atoms with van der Waals surface area (Å²) in [5.74, 6) is -2.26. The molecule has 0 radical (unpaired) electrons. The van der Waals surface area contributed by atoms with Crippen molar-refractivity contribution in [1.29, 1.82) is 5.26 Å². The van der Waals surface area contributed by atoms with E-state index in [1.807, 2.05) is 48.5 Å². The minimum Gasteiger partial charge on any atom is -0.382 e. The van der Waals surface area contributed by atoms with Gasteiger partial charge in [-0.05, 0) is 50.1 Å². The summed E-state index contributed by atoms with van der Waals surface area (Å²) in [5.41, 5.74) is 13.3. The van der Waals surface area contributed by atoms with Crippen LogP contribution in [0.25, 0.3) is 16.6 Å². The van der Waals surface area contributed by atoms with Gasteiger partial charge in [-0.1, -0.05) is 30.3 Å². The third-order valence-corrected chi connectivity index (χ3v) is 7.00. The fraction of sp³-hybridized carbons (Fsp3) is 0.321. The second-order valence-electron chi connectivity index (χ2n) is 9.91. The van der Waals surface area contributed by atoms with Crippen LogP contribution in [-0.2, 0) is 6.42 Å². The van der Waals surface area contributed by atoms with E-state index in [-0.39, 0.29) is 41.7 Å². The molecule has 12 heteroatoms. The van der Waals surface area contributed by atoms with Gasteiger partial charge in [-0.15, -0.1) is 0 Å². The van der Waals surface area contributed by atoms with Crippen LogP contribution in [0.1, 0.15) is 42.8 Å². The molecule has 4 aromatic rings. The Hall–Kier alpha value is -4.63. The molecule has 0 aliphatic carbocycles. The molecule has 5 rings (SSSR count). The molecule has 2 aromatic carbocycles. The molecule has 0 amide bonds. The third-order valence-electron chi connectivity index (χ3n) is 7.00. The topological polar surface area (TPSA) is 152 Å². The van der Waals surface area contributed by atoms with Crippen LogP contribution < -0.4 is 22.3 Å². The molecule has 1 aliphatic rings. The zero-order valence-electron chi connectivity index (χ0n) is 21.9. The number of nitriles is 1. The van der Waals surface area contributed by atoms with E-state index in [2.05, 4.69) is 15.3 Å². The second-order valence-corrected chi connectivity index (χ2v) is 9.91. The monoisotopic (exact) mass is 545 g/mol. The summed E-state index contributed by atoms with van der Waals surface area (Å²) in [6.45, 7) is 2.46. The van der Waals surface area contributed by atoms with Gasteiger partial charge in [0.2, 0.25) is 5.95 Å². The molecule has 5 N–H and O–H groups in total. The molecule has 2 aromatic heterocycles. The summed E-state index contributed by atoms with van der Waals surface area (Å²) in [7, 11) is 0. The number of rotatable bonds is 8. The predicted octanol–water partition coefficient (Wildman–Crippen LogP) is 3.66. The zero-order chi connectivity index (χ0) is 28.4. The molecule has 1 saturated heterocycles. The second kappa shape index (κ2) is 10.9. The summed E-state index contributed by atoms with van der Waals surface area (Å²) in [5, 5.41) is 13.2. The van der Waals surface area contributed by atoms with Crippen molar-refractivity contribution in [2.75, 3.05) is 36.4 Å². The van der Waals surface area contributed by atoms with Gasteiger partial charge in [-0.25, -0.2) is 13.8 Å². The first-order valence-corrected chi connectivity index (χ1v) is 13.0. The third kappa shape index (κ3) is 5.41. The van der Waals surface area contributed by atoms with Crippen molar-refractivity contribution >= 4 is 28.5 Å². The molecule has 0 saturated carbocycles. The Balaban J connectivity index is 1.54. The highest BCUT2D eigenvalue weighted by molar-refractivity contribution is 5.82. The molecule has 3 heterocycles. The van der Waals surface area contributed by atoms with Crippen LogP contribution in [0.5, 0.6) is 0 Å². The van der Waals surface area contributed by atoms with Crippen LogP contribution in [-0.4, -0.2) is 50.0 Å². The number of hydrogen-bond donors (Lipinski definition) is 3. The number of aryl methyl sites for hydroxylation is 1. The Bertz CT molecular complexity index is 1650. The van der Waals surface area contributed by atoms with Gasteiger partial charge in [0.1, 0.15) is 23.3 Å². The lowest BCUT2D eigenvalue weighted by atomic mass is 10.0. The van der Waals surface area contributed by atoms with Crippen molar-refractivity contribution in [1.82, 2.24) is 24.4 Å². The Morgan fingerprint density at radius 2 is 1.90 bits per heavy atom. The number of nitrogens with two attached hydrogens (primary N) is 2. The number of fused-ring (bicyclic) bond motifs is 1. The molecule has 1 atom stereocenters. The summed E-state index contributed by atoms with van der Waals surface area (Å²) < 4.78 is 28.7. The predicted molar refractivity (Wildman–Crippen MR) is 149 cm³/mol. The number of nitrogens with zero attached hydrogens (tertiary/aromatic N) is 6. The van der Waals surface area contributed by atoms with E-state index in [0.717, 1.165) is 5.56 Å². The molecule has 0 spiro atoms. The first-order valence-electron chi connectivity index (χ1n) is 13.0. The molecular weight excluding hydrogens is 516 g/mol. The maximum atomic E-state index is 14.1. The summed E-state index contributed by atoms with van der Waals surface area (Å²) in [6, 6.07) is 16.0. The Labute approximate surface area is 229 Å². The number of para-hydroxylation sites is 1. The minimum absolute atomic E-state index is 0.0356. The summed E-state index contributed by atoms with van der Waals surface area (Å²) >= 11 is 0. The van der Waals surface area contributed by atoms with E-state index < -0.39 is 12.0 Å². The van der Waals surface area contributed by atoms with Gasteiger partial charge in [0.15, 0.2) is 5.82 Å². The van der Waals surface area contributed by atoms with Crippen molar-refractivity contribution in [3.05, 3.63) is 75.8 Å². The maximum Gasteiger partial charge on any atom is 0.266 e. The van der Waals surface area contributed by atoms with Crippen molar-refractivity contribution < 1.29 is 8.78 Å². The largest absolute Gasteiger partial charge is 0.382 e. The molecule has 206 valence electrons. The number of hydrogen-bond acceptors (Lipinski definition) is 9. The number of aromatic nitrogens is 4. The Morgan fingerprint density at radius 1 is 1.12 bits per heavy atom. The van der Waals surface area contributed by atoms with Crippen molar-refractivity contribution in [3.63, 3.8) is 0 Å².